The Morgan fingerprint density at radius 2 is 1.55 bits per heavy atom. The van der Waals surface area contributed by atoms with Gasteiger partial charge in [0.25, 0.3) is 0 Å². The molecule has 0 aliphatic heterocycles. The van der Waals surface area contributed by atoms with Crippen LogP contribution < -0.4 is 9.62 Å². The summed E-state index contributed by atoms with van der Waals surface area (Å²) >= 11 is 12.3. The number of hydrogen-bond acceptors (Lipinski definition) is 4. The van der Waals surface area contributed by atoms with Gasteiger partial charge in [0.05, 0.1) is 11.9 Å². The summed E-state index contributed by atoms with van der Waals surface area (Å²) in [5.74, 6) is -0.846. The van der Waals surface area contributed by atoms with Crippen LogP contribution in [0.2, 0.25) is 10.0 Å². The molecular formula is C30H35Cl2N3O4S. The van der Waals surface area contributed by atoms with Crippen LogP contribution in [0.25, 0.3) is 0 Å². The Kier molecular flexibility index (Phi) is 11.0. The number of sulfonamides is 1. The lowest BCUT2D eigenvalue weighted by Crippen LogP contribution is -2.54. The first-order valence-corrected chi connectivity index (χ1v) is 15.6. The van der Waals surface area contributed by atoms with Gasteiger partial charge in [0.2, 0.25) is 21.8 Å². The lowest BCUT2D eigenvalue weighted by Gasteiger charge is -2.34. The van der Waals surface area contributed by atoms with Crippen molar-refractivity contribution in [2.75, 3.05) is 17.1 Å². The Balaban J connectivity index is 2.09. The number of hydrogen-bond donors (Lipinski definition) is 1. The van der Waals surface area contributed by atoms with Crippen LogP contribution in [-0.4, -0.2) is 50.0 Å². The molecule has 3 aromatic rings. The third-order valence-corrected chi connectivity index (χ3v) is 8.27. The maximum Gasteiger partial charge on any atom is 0.244 e. The molecule has 0 aromatic heterocycles. The van der Waals surface area contributed by atoms with E-state index in [2.05, 4.69) is 5.32 Å². The van der Waals surface area contributed by atoms with Gasteiger partial charge in [-0.3, -0.25) is 13.9 Å². The van der Waals surface area contributed by atoms with Gasteiger partial charge >= 0.3 is 0 Å². The Morgan fingerprint density at radius 1 is 0.950 bits per heavy atom. The van der Waals surface area contributed by atoms with Crippen LogP contribution in [0.4, 0.5) is 5.69 Å². The van der Waals surface area contributed by atoms with E-state index in [4.69, 9.17) is 23.2 Å². The molecule has 7 nitrogen and oxygen atoms in total. The lowest BCUT2D eigenvalue weighted by atomic mass is 10.0. The molecular weight excluding hydrogens is 569 g/mol. The number of nitrogens with one attached hydrogen (secondary N) is 1. The largest absolute Gasteiger partial charge is 0.352 e. The third kappa shape index (κ3) is 8.71. The quantitative estimate of drug-likeness (QED) is 0.291. The van der Waals surface area contributed by atoms with Gasteiger partial charge in [-0.1, -0.05) is 84.7 Å². The molecule has 214 valence electrons. The molecule has 0 saturated heterocycles. The van der Waals surface area contributed by atoms with Crippen molar-refractivity contribution in [1.29, 1.82) is 0 Å². The summed E-state index contributed by atoms with van der Waals surface area (Å²) in [6.45, 7) is 5.38. The van der Waals surface area contributed by atoms with Crippen molar-refractivity contribution in [3.8, 4) is 0 Å². The number of carbonyl (C=O) groups is 2. The normalized spacial score (nSPS) is 12.8. The predicted molar refractivity (Wildman–Crippen MR) is 162 cm³/mol. The maximum absolute atomic E-state index is 14.1. The average molecular weight is 605 g/mol. The van der Waals surface area contributed by atoms with E-state index < -0.39 is 28.5 Å². The Hall–Kier alpha value is -3.07. The molecule has 0 heterocycles. The fraction of sp³-hybridized carbons (Fsp3) is 0.333. The highest BCUT2D eigenvalue weighted by atomic mass is 35.5. The molecule has 10 heteroatoms. The molecule has 0 spiro atoms. The van der Waals surface area contributed by atoms with E-state index in [1.807, 2.05) is 75.4 Å². The number of halogens is 2. The second-order valence-electron chi connectivity index (χ2n) is 9.87. The highest BCUT2D eigenvalue weighted by molar-refractivity contribution is 7.92. The summed E-state index contributed by atoms with van der Waals surface area (Å²) in [5, 5.41) is 3.48. The number of aryl methyl sites for hydroxylation is 1. The molecule has 0 radical (unpaired) electrons. The van der Waals surface area contributed by atoms with Crippen LogP contribution in [0.5, 0.6) is 0 Å². The van der Waals surface area contributed by atoms with Gasteiger partial charge in [0.1, 0.15) is 12.6 Å². The van der Waals surface area contributed by atoms with E-state index >= 15 is 0 Å². The molecule has 2 amide bonds. The van der Waals surface area contributed by atoms with Crippen molar-refractivity contribution >= 4 is 50.7 Å². The van der Waals surface area contributed by atoms with Gasteiger partial charge in [0.15, 0.2) is 0 Å². The number of nitrogens with zero attached hydrogens (tertiary/aromatic N) is 2. The number of rotatable bonds is 12. The summed E-state index contributed by atoms with van der Waals surface area (Å²) in [5.41, 5.74) is 2.83. The molecule has 40 heavy (non-hydrogen) atoms. The van der Waals surface area contributed by atoms with Gasteiger partial charge in [-0.2, -0.15) is 0 Å². The third-order valence-electron chi connectivity index (χ3n) is 6.69. The predicted octanol–water partition coefficient (Wildman–Crippen LogP) is 5.62. The minimum absolute atomic E-state index is 0.109. The Labute approximate surface area is 247 Å². The van der Waals surface area contributed by atoms with Gasteiger partial charge in [-0.25, -0.2) is 8.42 Å². The van der Waals surface area contributed by atoms with E-state index in [0.29, 0.717) is 6.42 Å². The first-order chi connectivity index (χ1) is 18.9. The molecule has 3 rings (SSSR count). The number of anilines is 1. The van der Waals surface area contributed by atoms with E-state index in [1.54, 1.807) is 0 Å². The minimum Gasteiger partial charge on any atom is -0.352 e. The van der Waals surface area contributed by atoms with Gasteiger partial charge in [0, 0.05) is 29.1 Å². The maximum atomic E-state index is 14.1. The summed E-state index contributed by atoms with van der Waals surface area (Å²) in [4.78, 5) is 29.3. The van der Waals surface area contributed by atoms with Crippen LogP contribution in [0.3, 0.4) is 0 Å². The molecule has 0 bridgehead atoms. The summed E-state index contributed by atoms with van der Waals surface area (Å²) in [6.07, 6.45) is 1.98. The fourth-order valence-electron chi connectivity index (χ4n) is 4.26. The number of amides is 2. The van der Waals surface area contributed by atoms with Crippen LogP contribution in [0, 0.1) is 6.92 Å². The van der Waals surface area contributed by atoms with Gasteiger partial charge in [-0.05, 0) is 55.2 Å². The van der Waals surface area contributed by atoms with Crippen molar-refractivity contribution in [2.24, 2.45) is 0 Å². The summed E-state index contributed by atoms with van der Waals surface area (Å²) in [7, 11) is -3.92. The zero-order valence-corrected chi connectivity index (χ0v) is 25.4. The highest BCUT2D eigenvalue weighted by Gasteiger charge is 2.33. The van der Waals surface area contributed by atoms with Crippen LogP contribution in [0.15, 0.2) is 72.8 Å². The SMILES string of the molecule is CC[C@H](C)NC(=O)[C@@H](Cc1ccccc1)N(Cc1ccccc1C)C(=O)CN(c1cc(Cl)cc(Cl)c1)S(C)(=O)=O. The van der Waals surface area contributed by atoms with Crippen molar-refractivity contribution in [1.82, 2.24) is 10.2 Å². The average Bonchev–Trinajstić information content (AvgIpc) is 2.89. The number of benzene rings is 3. The Bertz CT molecular complexity index is 1410. The van der Waals surface area contributed by atoms with Gasteiger partial charge < -0.3 is 10.2 Å². The smallest absolute Gasteiger partial charge is 0.244 e. The van der Waals surface area contributed by atoms with Crippen molar-refractivity contribution in [2.45, 2.75) is 52.2 Å². The fourth-order valence-corrected chi connectivity index (χ4v) is 5.61. The van der Waals surface area contributed by atoms with Crippen molar-refractivity contribution in [3.63, 3.8) is 0 Å². The van der Waals surface area contributed by atoms with Crippen molar-refractivity contribution in [3.05, 3.63) is 99.5 Å². The zero-order valence-electron chi connectivity index (χ0n) is 23.1. The first kappa shape index (κ1) is 31.5. The molecule has 0 saturated carbocycles. The lowest BCUT2D eigenvalue weighted by molar-refractivity contribution is -0.140. The monoisotopic (exact) mass is 603 g/mol. The first-order valence-electron chi connectivity index (χ1n) is 13.0. The van der Waals surface area contributed by atoms with Crippen LogP contribution in [-0.2, 0) is 32.6 Å². The molecule has 0 aliphatic rings. The molecule has 0 unspecified atom stereocenters. The standard InChI is InChI=1S/C30H35Cl2N3O4S/c1-5-22(3)33-30(37)28(15-23-12-7-6-8-13-23)34(19-24-14-10-9-11-21(24)2)29(36)20-35(40(4,38)39)27-17-25(31)16-26(32)18-27/h6-14,16-18,22,28H,5,15,19-20H2,1-4H3,(H,33,37)/t22-,28+/m0/s1. The van der Waals surface area contributed by atoms with Gasteiger partial charge in [-0.15, -0.1) is 0 Å². The topological polar surface area (TPSA) is 86.8 Å². The molecule has 3 aromatic carbocycles. The highest BCUT2D eigenvalue weighted by Crippen LogP contribution is 2.28. The second kappa shape index (κ2) is 14.0. The molecule has 0 fully saturated rings. The zero-order chi connectivity index (χ0) is 29.4. The molecule has 2 atom stereocenters. The van der Waals surface area contributed by atoms with Crippen LogP contribution in [0.1, 0.15) is 37.0 Å². The minimum atomic E-state index is -3.92. The Morgan fingerprint density at radius 3 is 2.12 bits per heavy atom. The van der Waals surface area contributed by atoms with Crippen molar-refractivity contribution < 1.29 is 18.0 Å². The van der Waals surface area contributed by atoms with E-state index in [0.717, 1.165) is 27.3 Å². The number of carbonyl (C=O) groups excluding carboxylic acids is 2. The van der Waals surface area contributed by atoms with E-state index in [-0.39, 0.29) is 40.6 Å². The van der Waals surface area contributed by atoms with E-state index in [1.165, 1.54) is 23.1 Å². The molecule has 0 aliphatic carbocycles. The van der Waals surface area contributed by atoms with Crippen LogP contribution >= 0.6 is 23.2 Å². The second-order valence-corrected chi connectivity index (χ2v) is 12.6. The summed E-state index contributed by atoms with van der Waals surface area (Å²) in [6, 6.07) is 20.4. The van der Waals surface area contributed by atoms with E-state index in [9.17, 15) is 18.0 Å². The summed E-state index contributed by atoms with van der Waals surface area (Å²) < 4.78 is 26.8. The molecule has 1 N–H and O–H groups in total.